The molecule has 1 rings (SSSR count). The third kappa shape index (κ3) is 1.40. The van der Waals surface area contributed by atoms with E-state index in [4.69, 9.17) is 0 Å². The first-order valence-electron chi connectivity index (χ1n) is 3.95. The SMILES string of the molecule is CC(C)(C1CC1C=O)S(C)(=O)=O. The maximum Gasteiger partial charge on any atom is 0.152 e. The maximum absolute atomic E-state index is 11.3. The van der Waals surface area contributed by atoms with Crippen LogP contribution in [0.15, 0.2) is 0 Å². The van der Waals surface area contributed by atoms with Gasteiger partial charge in [-0.3, -0.25) is 0 Å². The second-order valence-electron chi connectivity index (χ2n) is 4.02. The summed E-state index contributed by atoms with van der Waals surface area (Å²) in [6.45, 7) is 3.38. The molecule has 0 aromatic rings. The van der Waals surface area contributed by atoms with Crippen LogP contribution in [0.1, 0.15) is 20.3 Å². The van der Waals surface area contributed by atoms with E-state index < -0.39 is 14.6 Å². The lowest BCUT2D eigenvalue weighted by atomic mass is 10.1. The summed E-state index contributed by atoms with van der Waals surface area (Å²) in [5.74, 6) is -0.000255. The number of rotatable bonds is 3. The number of hydrogen-bond donors (Lipinski definition) is 0. The van der Waals surface area contributed by atoms with Gasteiger partial charge in [0.25, 0.3) is 0 Å². The van der Waals surface area contributed by atoms with Gasteiger partial charge in [0, 0.05) is 12.2 Å². The van der Waals surface area contributed by atoms with E-state index in [1.165, 1.54) is 6.26 Å². The largest absolute Gasteiger partial charge is 0.303 e. The van der Waals surface area contributed by atoms with Crippen LogP contribution in [-0.2, 0) is 14.6 Å². The predicted molar refractivity (Wildman–Crippen MR) is 46.6 cm³/mol. The molecular weight excluding hydrogens is 176 g/mol. The molecule has 0 aromatic heterocycles. The van der Waals surface area contributed by atoms with Crippen molar-refractivity contribution < 1.29 is 13.2 Å². The Morgan fingerprint density at radius 1 is 1.42 bits per heavy atom. The van der Waals surface area contributed by atoms with Crippen LogP contribution in [0.5, 0.6) is 0 Å². The summed E-state index contributed by atoms with van der Waals surface area (Å²) in [4.78, 5) is 10.4. The van der Waals surface area contributed by atoms with Crippen molar-refractivity contribution in [3.05, 3.63) is 0 Å². The Labute approximate surface area is 73.1 Å². The minimum absolute atomic E-state index is 0.0324. The van der Waals surface area contributed by atoms with E-state index in [1.807, 2.05) is 0 Å². The van der Waals surface area contributed by atoms with Crippen LogP contribution < -0.4 is 0 Å². The standard InChI is InChI=1S/C8H14O3S/c1-8(2,12(3,10)11)7-4-6(7)5-9/h5-7H,4H2,1-3H3. The molecule has 0 bridgehead atoms. The van der Waals surface area contributed by atoms with Gasteiger partial charge in [0.05, 0.1) is 4.75 Å². The highest BCUT2D eigenvalue weighted by Gasteiger charge is 2.52. The minimum Gasteiger partial charge on any atom is -0.303 e. The molecule has 0 heterocycles. The van der Waals surface area contributed by atoms with Gasteiger partial charge in [-0.25, -0.2) is 8.42 Å². The summed E-state index contributed by atoms with van der Waals surface area (Å²) < 4.78 is 21.8. The Morgan fingerprint density at radius 3 is 2.17 bits per heavy atom. The van der Waals surface area contributed by atoms with Crippen molar-refractivity contribution in [2.75, 3.05) is 6.26 Å². The van der Waals surface area contributed by atoms with E-state index in [2.05, 4.69) is 0 Å². The van der Waals surface area contributed by atoms with Crippen LogP contribution >= 0.6 is 0 Å². The molecule has 0 radical (unpaired) electrons. The molecule has 3 nitrogen and oxygen atoms in total. The Bertz CT molecular complexity index is 289. The number of carbonyl (C=O) groups is 1. The monoisotopic (exact) mass is 190 g/mol. The second kappa shape index (κ2) is 2.55. The van der Waals surface area contributed by atoms with Gasteiger partial charge in [0.1, 0.15) is 6.29 Å². The molecule has 1 fully saturated rings. The lowest BCUT2D eigenvalue weighted by Gasteiger charge is -2.21. The van der Waals surface area contributed by atoms with E-state index in [-0.39, 0.29) is 11.8 Å². The van der Waals surface area contributed by atoms with Crippen LogP contribution in [0.4, 0.5) is 0 Å². The van der Waals surface area contributed by atoms with E-state index in [0.29, 0.717) is 0 Å². The van der Waals surface area contributed by atoms with Crippen LogP contribution in [-0.4, -0.2) is 25.7 Å². The fourth-order valence-corrected chi connectivity index (χ4v) is 2.26. The van der Waals surface area contributed by atoms with Crippen molar-refractivity contribution in [2.45, 2.75) is 25.0 Å². The van der Waals surface area contributed by atoms with Crippen molar-refractivity contribution in [1.29, 1.82) is 0 Å². The molecule has 1 aliphatic rings. The van der Waals surface area contributed by atoms with Crippen molar-refractivity contribution in [3.8, 4) is 0 Å². The Hall–Kier alpha value is -0.380. The number of aldehydes is 1. The third-order valence-electron chi connectivity index (χ3n) is 2.86. The van der Waals surface area contributed by atoms with Crippen molar-refractivity contribution >= 4 is 16.1 Å². The fourth-order valence-electron chi connectivity index (χ4n) is 1.44. The molecule has 0 aromatic carbocycles. The number of sulfone groups is 1. The number of hydrogen-bond acceptors (Lipinski definition) is 3. The normalized spacial score (nSPS) is 29.9. The summed E-state index contributed by atoms with van der Waals surface area (Å²) in [5, 5.41) is 0. The van der Waals surface area contributed by atoms with Gasteiger partial charge in [-0.05, 0) is 26.2 Å². The fraction of sp³-hybridized carbons (Fsp3) is 0.875. The van der Waals surface area contributed by atoms with Gasteiger partial charge in [0.15, 0.2) is 9.84 Å². The van der Waals surface area contributed by atoms with Gasteiger partial charge in [-0.15, -0.1) is 0 Å². The summed E-state index contributed by atoms with van der Waals surface area (Å²) >= 11 is 0. The highest BCUT2D eigenvalue weighted by molar-refractivity contribution is 7.92. The molecule has 70 valence electrons. The van der Waals surface area contributed by atoms with Crippen molar-refractivity contribution in [2.24, 2.45) is 11.8 Å². The van der Waals surface area contributed by atoms with Crippen LogP contribution in [0.3, 0.4) is 0 Å². The molecule has 0 spiro atoms. The Balaban J connectivity index is 2.82. The van der Waals surface area contributed by atoms with Crippen LogP contribution in [0.25, 0.3) is 0 Å². The smallest absolute Gasteiger partial charge is 0.152 e. The van der Waals surface area contributed by atoms with E-state index in [9.17, 15) is 13.2 Å². The van der Waals surface area contributed by atoms with Crippen molar-refractivity contribution in [1.82, 2.24) is 0 Å². The topological polar surface area (TPSA) is 51.2 Å². The summed E-state index contributed by atoms with van der Waals surface area (Å²) in [5.41, 5.74) is 0. The molecule has 1 saturated carbocycles. The quantitative estimate of drug-likeness (QED) is 0.614. The first-order chi connectivity index (χ1) is 5.30. The molecule has 0 amide bonds. The zero-order valence-corrected chi connectivity index (χ0v) is 8.39. The Morgan fingerprint density at radius 2 is 1.92 bits per heavy atom. The van der Waals surface area contributed by atoms with E-state index >= 15 is 0 Å². The second-order valence-corrected chi connectivity index (χ2v) is 6.61. The first kappa shape index (κ1) is 9.71. The van der Waals surface area contributed by atoms with Crippen LogP contribution in [0, 0.1) is 11.8 Å². The Kier molecular flexibility index (Phi) is 2.07. The first-order valence-corrected chi connectivity index (χ1v) is 5.84. The van der Waals surface area contributed by atoms with E-state index in [0.717, 1.165) is 12.7 Å². The molecule has 0 aliphatic heterocycles. The third-order valence-corrected chi connectivity index (χ3v) is 5.08. The zero-order chi connectivity index (χ0) is 9.57. The maximum atomic E-state index is 11.3. The summed E-state index contributed by atoms with van der Waals surface area (Å²) in [7, 11) is -3.04. The van der Waals surface area contributed by atoms with Gasteiger partial charge in [-0.2, -0.15) is 0 Å². The van der Waals surface area contributed by atoms with Crippen molar-refractivity contribution in [3.63, 3.8) is 0 Å². The number of carbonyl (C=O) groups excluding carboxylic acids is 1. The lowest BCUT2D eigenvalue weighted by Crippen LogP contribution is -2.34. The predicted octanol–water partition coefficient (Wildman–Crippen LogP) is 0.645. The molecule has 0 saturated heterocycles. The molecule has 4 heteroatoms. The molecule has 2 unspecified atom stereocenters. The molecule has 2 atom stereocenters. The van der Waals surface area contributed by atoms with Gasteiger partial charge < -0.3 is 4.79 Å². The van der Waals surface area contributed by atoms with Gasteiger partial charge in [0.2, 0.25) is 0 Å². The van der Waals surface area contributed by atoms with Gasteiger partial charge in [-0.1, -0.05) is 0 Å². The zero-order valence-electron chi connectivity index (χ0n) is 7.57. The minimum atomic E-state index is -3.04. The molecule has 0 N–H and O–H groups in total. The molecular formula is C8H14O3S. The summed E-state index contributed by atoms with van der Waals surface area (Å²) in [6, 6.07) is 0. The van der Waals surface area contributed by atoms with Gasteiger partial charge >= 0.3 is 0 Å². The molecule has 1 aliphatic carbocycles. The summed E-state index contributed by atoms with van der Waals surface area (Å²) in [6.07, 6.45) is 2.81. The van der Waals surface area contributed by atoms with Crippen LogP contribution in [0.2, 0.25) is 0 Å². The molecule has 12 heavy (non-hydrogen) atoms. The highest BCUT2D eigenvalue weighted by Crippen LogP contribution is 2.48. The van der Waals surface area contributed by atoms with E-state index in [1.54, 1.807) is 13.8 Å². The average Bonchev–Trinajstić information content (AvgIpc) is 2.62. The highest BCUT2D eigenvalue weighted by atomic mass is 32.2. The average molecular weight is 190 g/mol. The lowest BCUT2D eigenvalue weighted by molar-refractivity contribution is -0.109.